The zero-order valence-corrected chi connectivity index (χ0v) is 11.7. The minimum atomic E-state index is -3.06. The SMILES string of the molecule is CN(C)S(=O)(=O)CC1CNCC12CCCCC2. The predicted molar refractivity (Wildman–Crippen MR) is 69.4 cm³/mol. The molecule has 2 rings (SSSR count). The topological polar surface area (TPSA) is 49.4 Å². The van der Waals surface area contributed by atoms with Crippen LogP contribution in [0.2, 0.25) is 0 Å². The minimum absolute atomic E-state index is 0.265. The molecule has 1 heterocycles. The normalized spacial score (nSPS) is 29.0. The van der Waals surface area contributed by atoms with Crippen LogP contribution in [0.15, 0.2) is 0 Å². The van der Waals surface area contributed by atoms with E-state index in [0.717, 1.165) is 13.1 Å². The van der Waals surface area contributed by atoms with Crippen LogP contribution in [0.25, 0.3) is 0 Å². The van der Waals surface area contributed by atoms with Gasteiger partial charge in [0.2, 0.25) is 10.0 Å². The summed E-state index contributed by atoms with van der Waals surface area (Å²) < 4.78 is 25.4. The van der Waals surface area contributed by atoms with Crippen molar-refractivity contribution in [1.29, 1.82) is 0 Å². The summed E-state index contributed by atoms with van der Waals surface area (Å²) >= 11 is 0. The fraction of sp³-hybridized carbons (Fsp3) is 1.00. The van der Waals surface area contributed by atoms with Gasteiger partial charge in [-0.15, -0.1) is 0 Å². The number of rotatable bonds is 3. The third-order valence-electron chi connectivity index (χ3n) is 4.55. The fourth-order valence-electron chi connectivity index (χ4n) is 3.34. The van der Waals surface area contributed by atoms with Crippen LogP contribution in [0.1, 0.15) is 32.1 Å². The van der Waals surface area contributed by atoms with Crippen LogP contribution in [-0.4, -0.2) is 45.7 Å². The molecule has 1 aliphatic heterocycles. The van der Waals surface area contributed by atoms with Crippen molar-refractivity contribution in [2.24, 2.45) is 11.3 Å². The first kappa shape index (κ1) is 13.3. The Hall–Kier alpha value is -0.130. The van der Waals surface area contributed by atoms with Crippen LogP contribution in [0.5, 0.6) is 0 Å². The van der Waals surface area contributed by atoms with Crippen molar-refractivity contribution < 1.29 is 8.42 Å². The van der Waals surface area contributed by atoms with E-state index in [0.29, 0.717) is 11.7 Å². The molecule has 1 N–H and O–H groups in total. The Kier molecular flexibility index (Phi) is 3.80. The molecule has 0 aromatic carbocycles. The third-order valence-corrected chi connectivity index (χ3v) is 6.49. The van der Waals surface area contributed by atoms with Crippen LogP contribution >= 0.6 is 0 Å². The summed E-state index contributed by atoms with van der Waals surface area (Å²) in [4.78, 5) is 0. The first-order valence-electron chi connectivity index (χ1n) is 6.57. The van der Waals surface area contributed by atoms with Crippen LogP contribution in [0, 0.1) is 11.3 Å². The van der Waals surface area contributed by atoms with Crippen molar-refractivity contribution in [3.63, 3.8) is 0 Å². The molecule has 0 amide bonds. The van der Waals surface area contributed by atoms with Gasteiger partial charge in [-0.2, -0.15) is 0 Å². The number of hydrogen-bond donors (Lipinski definition) is 1. The van der Waals surface area contributed by atoms with Gasteiger partial charge in [0.1, 0.15) is 0 Å². The van der Waals surface area contributed by atoms with Gasteiger partial charge in [0, 0.05) is 20.6 Å². The second-order valence-electron chi connectivity index (χ2n) is 5.81. The van der Waals surface area contributed by atoms with E-state index >= 15 is 0 Å². The van der Waals surface area contributed by atoms with Crippen LogP contribution < -0.4 is 5.32 Å². The summed E-state index contributed by atoms with van der Waals surface area (Å²) in [6.07, 6.45) is 6.25. The smallest absolute Gasteiger partial charge is 0.213 e. The monoisotopic (exact) mass is 260 g/mol. The largest absolute Gasteiger partial charge is 0.316 e. The Morgan fingerprint density at radius 1 is 1.24 bits per heavy atom. The zero-order chi connectivity index (χ0) is 12.5. The van der Waals surface area contributed by atoms with Crippen LogP contribution in [0.3, 0.4) is 0 Å². The molecule has 5 heteroatoms. The van der Waals surface area contributed by atoms with Gasteiger partial charge in [-0.1, -0.05) is 19.3 Å². The molecule has 1 saturated carbocycles. The highest BCUT2D eigenvalue weighted by Gasteiger charge is 2.45. The molecule has 1 aliphatic carbocycles. The van der Waals surface area contributed by atoms with Crippen LogP contribution in [-0.2, 0) is 10.0 Å². The summed E-state index contributed by atoms with van der Waals surface area (Å²) in [5.41, 5.74) is 0.265. The molecule has 4 nitrogen and oxygen atoms in total. The predicted octanol–water partition coefficient (Wildman–Crippen LogP) is 1.05. The number of sulfonamides is 1. The second-order valence-corrected chi connectivity index (χ2v) is 8.04. The van der Waals surface area contributed by atoms with E-state index in [1.165, 1.54) is 36.4 Å². The maximum atomic E-state index is 12.0. The van der Waals surface area contributed by atoms with Crippen molar-refractivity contribution in [2.75, 3.05) is 32.9 Å². The Labute approximate surface area is 105 Å². The lowest BCUT2D eigenvalue weighted by Crippen LogP contribution is -2.39. The van der Waals surface area contributed by atoms with Crippen molar-refractivity contribution in [1.82, 2.24) is 9.62 Å². The first-order chi connectivity index (χ1) is 7.96. The molecular weight excluding hydrogens is 236 g/mol. The standard InChI is InChI=1S/C12H24N2O2S/c1-14(2)17(15,16)9-11-8-13-10-12(11)6-4-3-5-7-12/h11,13H,3-10H2,1-2H3. The lowest BCUT2D eigenvalue weighted by atomic mass is 9.68. The van der Waals surface area contributed by atoms with E-state index in [4.69, 9.17) is 0 Å². The van der Waals surface area contributed by atoms with Gasteiger partial charge in [-0.05, 0) is 30.7 Å². The molecule has 17 heavy (non-hydrogen) atoms. The van der Waals surface area contributed by atoms with E-state index in [1.807, 2.05) is 0 Å². The quantitative estimate of drug-likeness (QED) is 0.825. The summed E-state index contributed by atoms with van der Waals surface area (Å²) in [5.74, 6) is 0.614. The molecule has 1 unspecified atom stereocenters. The van der Waals surface area contributed by atoms with Gasteiger partial charge in [0.25, 0.3) is 0 Å². The summed E-state index contributed by atoms with van der Waals surface area (Å²) in [6.45, 7) is 1.88. The van der Waals surface area contributed by atoms with Gasteiger partial charge >= 0.3 is 0 Å². The molecule has 1 atom stereocenters. The van der Waals surface area contributed by atoms with Crippen molar-refractivity contribution >= 4 is 10.0 Å². The molecule has 1 spiro atoms. The van der Waals surface area contributed by atoms with Gasteiger partial charge in [-0.25, -0.2) is 12.7 Å². The Bertz CT molecular complexity index is 359. The zero-order valence-electron chi connectivity index (χ0n) is 10.9. The lowest BCUT2D eigenvalue weighted by Gasteiger charge is -2.38. The molecule has 0 aromatic heterocycles. The van der Waals surface area contributed by atoms with Crippen molar-refractivity contribution in [2.45, 2.75) is 32.1 Å². The molecule has 100 valence electrons. The summed E-state index contributed by atoms with van der Waals surface area (Å²) in [6, 6.07) is 0. The minimum Gasteiger partial charge on any atom is -0.316 e. The summed E-state index contributed by atoms with van der Waals surface area (Å²) in [5, 5.41) is 3.41. The fourth-order valence-corrected chi connectivity index (χ4v) is 4.61. The van der Waals surface area contributed by atoms with E-state index in [1.54, 1.807) is 14.1 Å². The van der Waals surface area contributed by atoms with Gasteiger partial charge in [-0.3, -0.25) is 0 Å². The molecule has 0 radical (unpaired) electrons. The summed E-state index contributed by atoms with van der Waals surface area (Å²) in [7, 11) is 0.197. The third kappa shape index (κ3) is 2.66. The maximum Gasteiger partial charge on any atom is 0.213 e. The number of hydrogen-bond acceptors (Lipinski definition) is 3. The van der Waals surface area contributed by atoms with Gasteiger partial charge < -0.3 is 5.32 Å². The highest BCUT2D eigenvalue weighted by molar-refractivity contribution is 7.89. The number of nitrogens with one attached hydrogen (secondary N) is 1. The van der Waals surface area contributed by atoms with E-state index in [2.05, 4.69) is 5.32 Å². The lowest BCUT2D eigenvalue weighted by molar-refractivity contribution is 0.160. The van der Waals surface area contributed by atoms with Crippen molar-refractivity contribution in [3.8, 4) is 0 Å². The first-order valence-corrected chi connectivity index (χ1v) is 8.18. The van der Waals surface area contributed by atoms with E-state index in [-0.39, 0.29) is 5.41 Å². The molecule has 2 aliphatic rings. The number of nitrogens with zero attached hydrogens (tertiary/aromatic N) is 1. The van der Waals surface area contributed by atoms with E-state index in [9.17, 15) is 8.42 Å². The Morgan fingerprint density at radius 3 is 2.47 bits per heavy atom. The van der Waals surface area contributed by atoms with E-state index < -0.39 is 10.0 Å². The molecule has 0 bridgehead atoms. The van der Waals surface area contributed by atoms with Gasteiger partial charge in [0.15, 0.2) is 0 Å². The highest BCUT2D eigenvalue weighted by atomic mass is 32.2. The molecule has 2 fully saturated rings. The van der Waals surface area contributed by atoms with Crippen molar-refractivity contribution in [3.05, 3.63) is 0 Å². The highest BCUT2D eigenvalue weighted by Crippen LogP contribution is 2.45. The van der Waals surface area contributed by atoms with Crippen LogP contribution in [0.4, 0.5) is 0 Å². The average molecular weight is 260 g/mol. The Morgan fingerprint density at radius 2 is 1.88 bits per heavy atom. The van der Waals surface area contributed by atoms with Gasteiger partial charge in [0.05, 0.1) is 5.75 Å². The maximum absolute atomic E-state index is 12.0. The molecule has 0 aromatic rings. The Balaban J connectivity index is 2.10. The average Bonchev–Trinajstić information content (AvgIpc) is 2.62. The molecular formula is C12H24N2O2S. The second kappa shape index (κ2) is 4.86. The molecule has 1 saturated heterocycles.